The number of rotatable bonds is 4. The molecule has 1 aliphatic heterocycles. The van der Waals surface area contributed by atoms with Gasteiger partial charge in [0.05, 0.1) is 0 Å². The molecule has 0 fully saturated rings. The Balaban J connectivity index is 1.64. The first kappa shape index (κ1) is 11.3. The van der Waals surface area contributed by atoms with Crippen molar-refractivity contribution in [3.8, 4) is 11.5 Å². The number of para-hydroxylation sites is 1. The van der Waals surface area contributed by atoms with Gasteiger partial charge in [-0.25, -0.2) is 0 Å². The topological polar surface area (TPSA) is 63.4 Å². The summed E-state index contributed by atoms with van der Waals surface area (Å²) in [7, 11) is 0. The van der Waals surface area contributed by atoms with Gasteiger partial charge in [-0.05, 0) is 6.07 Å². The fraction of sp³-hybridized carbons (Fsp3) is 0.250. The number of aromatic nitrogens is 1. The predicted molar refractivity (Wildman–Crippen MR) is 68.0 cm³/mol. The molecule has 2 N–H and O–H groups in total. The van der Waals surface area contributed by atoms with Crippen LogP contribution in [0.5, 0.6) is 11.5 Å². The lowest BCUT2D eigenvalue weighted by atomic mass is 10.2. The highest BCUT2D eigenvalue weighted by Crippen LogP contribution is 2.35. The van der Waals surface area contributed by atoms with Crippen LogP contribution in [0.1, 0.15) is 11.3 Å². The molecule has 0 spiro atoms. The molecular formula is C12H12N2O3S. The van der Waals surface area contributed by atoms with Gasteiger partial charge in [-0.1, -0.05) is 23.5 Å². The van der Waals surface area contributed by atoms with E-state index < -0.39 is 0 Å². The van der Waals surface area contributed by atoms with Crippen molar-refractivity contribution in [3.63, 3.8) is 0 Å². The van der Waals surface area contributed by atoms with Crippen LogP contribution in [-0.4, -0.2) is 11.8 Å². The zero-order valence-electron chi connectivity index (χ0n) is 9.56. The van der Waals surface area contributed by atoms with Crippen LogP contribution in [0, 0.1) is 0 Å². The summed E-state index contributed by atoms with van der Waals surface area (Å²) in [6.07, 6.45) is 0. The number of nitrogens with one attached hydrogen (secondary N) is 2. The summed E-state index contributed by atoms with van der Waals surface area (Å²) < 4.78 is 10.7. The Bertz CT molecular complexity index is 605. The number of ether oxygens (including phenoxy) is 2. The third-order valence-electron chi connectivity index (χ3n) is 2.68. The highest BCUT2D eigenvalue weighted by molar-refractivity contribution is 7.07. The van der Waals surface area contributed by atoms with E-state index in [9.17, 15) is 4.79 Å². The lowest BCUT2D eigenvalue weighted by Crippen LogP contribution is -2.14. The largest absolute Gasteiger partial charge is 0.454 e. The van der Waals surface area contributed by atoms with Gasteiger partial charge >= 0.3 is 4.87 Å². The van der Waals surface area contributed by atoms with E-state index in [0.29, 0.717) is 13.1 Å². The zero-order chi connectivity index (χ0) is 12.4. The van der Waals surface area contributed by atoms with Crippen LogP contribution in [0.25, 0.3) is 0 Å². The second-order valence-corrected chi connectivity index (χ2v) is 4.77. The van der Waals surface area contributed by atoms with Crippen molar-refractivity contribution < 1.29 is 9.47 Å². The van der Waals surface area contributed by atoms with Crippen LogP contribution in [0.4, 0.5) is 0 Å². The van der Waals surface area contributed by atoms with Gasteiger partial charge in [0.1, 0.15) is 0 Å². The van der Waals surface area contributed by atoms with Gasteiger partial charge in [0.2, 0.25) is 6.79 Å². The summed E-state index contributed by atoms with van der Waals surface area (Å²) in [5.41, 5.74) is 1.96. The molecule has 3 rings (SSSR count). The number of thiazole rings is 1. The molecule has 0 unspecified atom stereocenters. The van der Waals surface area contributed by atoms with Crippen molar-refractivity contribution in [1.82, 2.24) is 10.3 Å². The molecule has 5 nitrogen and oxygen atoms in total. The molecule has 6 heteroatoms. The van der Waals surface area contributed by atoms with Gasteiger partial charge in [0.25, 0.3) is 0 Å². The predicted octanol–water partition coefficient (Wildman–Crippen LogP) is 1.45. The van der Waals surface area contributed by atoms with Crippen molar-refractivity contribution in [2.24, 2.45) is 0 Å². The molecule has 1 aromatic carbocycles. The van der Waals surface area contributed by atoms with E-state index in [1.54, 1.807) is 0 Å². The van der Waals surface area contributed by atoms with E-state index in [-0.39, 0.29) is 11.7 Å². The lowest BCUT2D eigenvalue weighted by molar-refractivity contribution is 0.173. The second-order valence-electron chi connectivity index (χ2n) is 3.93. The summed E-state index contributed by atoms with van der Waals surface area (Å²) in [6, 6.07) is 5.83. The van der Waals surface area contributed by atoms with Gasteiger partial charge in [0.15, 0.2) is 11.5 Å². The van der Waals surface area contributed by atoms with Gasteiger partial charge < -0.3 is 19.8 Å². The maximum Gasteiger partial charge on any atom is 0.304 e. The third kappa shape index (κ3) is 2.25. The quantitative estimate of drug-likeness (QED) is 0.877. The standard InChI is InChI=1S/C12H12N2O3S/c15-12-14-9(6-18-12)5-13-4-8-2-1-3-10-11(8)17-7-16-10/h1-3,6,13H,4-5,7H2,(H,14,15). The number of hydrogen-bond acceptors (Lipinski definition) is 5. The summed E-state index contributed by atoms with van der Waals surface area (Å²) in [6.45, 7) is 1.58. The molecule has 0 radical (unpaired) electrons. The fourth-order valence-electron chi connectivity index (χ4n) is 1.86. The number of hydrogen-bond donors (Lipinski definition) is 2. The molecule has 0 amide bonds. The SMILES string of the molecule is O=c1[nH]c(CNCc2cccc3c2OCO3)cs1. The molecule has 0 saturated heterocycles. The Morgan fingerprint density at radius 3 is 3.11 bits per heavy atom. The Labute approximate surface area is 107 Å². The minimum atomic E-state index is -0.0239. The highest BCUT2D eigenvalue weighted by Gasteiger charge is 2.16. The van der Waals surface area contributed by atoms with Gasteiger partial charge in [0, 0.05) is 29.7 Å². The molecule has 2 heterocycles. The first-order valence-corrected chi connectivity index (χ1v) is 6.46. The summed E-state index contributed by atoms with van der Waals surface area (Å²) >= 11 is 1.17. The molecule has 94 valence electrons. The first-order chi connectivity index (χ1) is 8.83. The Morgan fingerprint density at radius 1 is 1.33 bits per heavy atom. The maximum absolute atomic E-state index is 11.0. The van der Waals surface area contributed by atoms with Crippen LogP contribution in [0.2, 0.25) is 0 Å². The van der Waals surface area contributed by atoms with Crippen molar-refractivity contribution in [2.75, 3.05) is 6.79 Å². The third-order valence-corrected chi connectivity index (χ3v) is 3.40. The fourth-order valence-corrected chi connectivity index (χ4v) is 2.44. The van der Waals surface area contributed by atoms with E-state index in [1.165, 1.54) is 11.3 Å². The van der Waals surface area contributed by atoms with Crippen LogP contribution in [-0.2, 0) is 13.1 Å². The van der Waals surface area contributed by atoms with Crippen LogP contribution >= 0.6 is 11.3 Å². The van der Waals surface area contributed by atoms with E-state index in [1.807, 2.05) is 23.6 Å². The monoisotopic (exact) mass is 264 g/mol. The highest BCUT2D eigenvalue weighted by atomic mass is 32.1. The zero-order valence-corrected chi connectivity index (χ0v) is 10.4. The molecule has 2 aromatic rings. The summed E-state index contributed by atoms with van der Waals surface area (Å²) in [5, 5.41) is 5.09. The summed E-state index contributed by atoms with van der Waals surface area (Å²) in [4.78, 5) is 13.7. The van der Waals surface area contributed by atoms with Crippen LogP contribution < -0.4 is 19.7 Å². The first-order valence-electron chi connectivity index (χ1n) is 5.58. The van der Waals surface area contributed by atoms with Gasteiger partial charge in [-0.15, -0.1) is 0 Å². The Hall–Kier alpha value is -1.79. The number of aromatic amines is 1. The second kappa shape index (κ2) is 4.83. The number of benzene rings is 1. The molecular weight excluding hydrogens is 252 g/mol. The smallest absolute Gasteiger partial charge is 0.304 e. The molecule has 0 saturated carbocycles. The van der Waals surface area contributed by atoms with Gasteiger partial charge in [-0.3, -0.25) is 4.79 Å². The Kier molecular flexibility index (Phi) is 3.04. The number of H-pyrrole nitrogens is 1. The summed E-state index contributed by atoms with van der Waals surface area (Å²) in [5.74, 6) is 1.60. The van der Waals surface area contributed by atoms with E-state index in [4.69, 9.17) is 9.47 Å². The average molecular weight is 264 g/mol. The molecule has 1 aliphatic rings. The molecule has 1 aromatic heterocycles. The van der Waals surface area contributed by atoms with E-state index >= 15 is 0 Å². The van der Waals surface area contributed by atoms with Gasteiger partial charge in [-0.2, -0.15) is 0 Å². The van der Waals surface area contributed by atoms with E-state index in [0.717, 1.165) is 22.8 Å². The molecule has 0 bridgehead atoms. The van der Waals surface area contributed by atoms with Crippen molar-refractivity contribution in [1.29, 1.82) is 0 Å². The van der Waals surface area contributed by atoms with Crippen molar-refractivity contribution in [3.05, 3.63) is 44.5 Å². The molecule has 0 aliphatic carbocycles. The molecule has 0 atom stereocenters. The van der Waals surface area contributed by atoms with Crippen LogP contribution in [0.15, 0.2) is 28.4 Å². The minimum absolute atomic E-state index is 0.0239. The lowest BCUT2D eigenvalue weighted by Gasteiger charge is -2.06. The van der Waals surface area contributed by atoms with Crippen molar-refractivity contribution in [2.45, 2.75) is 13.1 Å². The van der Waals surface area contributed by atoms with E-state index in [2.05, 4.69) is 10.3 Å². The maximum atomic E-state index is 11.0. The Morgan fingerprint density at radius 2 is 2.28 bits per heavy atom. The normalized spacial score (nSPS) is 12.9. The molecule has 18 heavy (non-hydrogen) atoms. The minimum Gasteiger partial charge on any atom is -0.454 e. The average Bonchev–Trinajstić information content (AvgIpc) is 2.98. The van der Waals surface area contributed by atoms with Crippen LogP contribution in [0.3, 0.4) is 0 Å². The van der Waals surface area contributed by atoms with Crippen molar-refractivity contribution >= 4 is 11.3 Å². The number of fused-ring (bicyclic) bond motifs is 1.